The number of anilines is 1. The van der Waals surface area contributed by atoms with E-state index >= 15 is 0 Å². The van der Waals surface area contributed by atoms with Gasteiger partial charge in [0.2, 0.25) is 5.95 Å². The van der Waals surface area contributed by atoms with Gasteiger partial charge in [0, 0.05) is 0 Å². The van der Waals surface area contributed by atoms with Gasteiger partial charge in [0.25, 0.3) is 5.91 Å². The van der Waals surface area contributed by atoms with Crippen molar-refractivity contribution in [3.8, 4) is 17.3 Å². The zero-order valence-corrected chi connectivity index (χ0v) is 12.7. The first-order valence-corrected chi connectivity index (χ1v) is 7.12. The summed E-state index contributed by atoms with van der Waals surface area (Å²) in [5.41, 5.74) is 1.13. The van der Waals surface area contributed by atoms with Crippen molar-refractivity contribution >= 4 is 11.9 Å². The van der Waals surface area contributed by atoms with Gasteiger partial charge >= 0.3 is 0 Å². The summed E-state index contributed by atoms with van der Waals surface area (Å²) in [4.78, 5) is 16.3. The lowest BCUT2D eigenvalue weighted by atomic mass is 10.2. The molecule has 0 saturated carbocycles. The van der Waals surface area contributed by atoms with Crippen LogP contribution in [0.3, 0.4) is 0 Å². The zero-order valence-electron chi connectivity index (χ0n) is 12.7. The van der Waals surface area contributed by atoms with E-state index in [2.05, 4.69) is 20.5 Å². The number of benzene rings is 1. The Morgan fingerprint density at radius 2 is 2.09 bits per heavy atom. The molecule has 23 heavy (non-hydrogen) atoms. The summed E-state index contributed by atoms with van der Waals surface area (Å²) >= 11 is 0. The molecule has 2 aromatic heterocycles. The molecular weight excluding hydrogens is 296 g/mol. The van der Waals surface area contributed by atoms with Crippen LogP contribution >= 0.6 is 0 Å². The highest BCUT2D eigenvalue weighted by molar-refractivity contribution is 5.92. The molecule has 0 fully saturated rings. The normalized spacial score (nSPS) is 11.9. The SMILES string of the molecule is Cc1ccc(O[C@@H](C)C(=O)Nc2n[nH]c(-c3ccco3)n2)cc1. The number of hydrogen-bond donors (Lipinski definition) is 2. The van der Waals surface area contributed by atoms with Gasteiger partial charge in [-0.1, -0.05) is 17.7 Å². The smallest absolute Gasteiger partial charge is 0.267 e. The third kappa shape index (κ3) is 3.57. The molecule has 7 nitrogen and oxygen atoms in total. The maximum absolute atomic E-state index is 12.1. The van der Waals surface area contributed by atoms with E-state index in [0.717, 1.165) is 5.56 Å². The lowest BCUT2D eigenvalue weighted by molar-refractivity contribution is -0.122. The van der Waals surface area contributed by atoms with Crippen LogP contribution in [0.25, 0.3) is 11.6 Å². The molecule has 0 radical (unpaired) electrons. The molecule has 2 heterocycles. The molecule has 2 N–H and O–H groups in total. The number of aryl methyl sites for hydroxylation is 1. The third-order valence-electron chi connectivity index (χ3n) is 3.18. The number of hydrogen-bond acceptors (Lipinski definition) is 5. The van der Waals surface area contributed by atoms with Gasteiger partial charge in [-0.25, -0.2) is 0 Å². The highest BCUT2D eigenvalue weighted by Gasteiger charge is 2.17. The molecule has 0 saturated heterocycles. The van der Waals surface area contributed by atoms with Crippen LogP contribution in [0, 0.1) is 6.92 Å². The van der Waals surface area contributed by atoms with Crippen LogP contribution in [0.4, 0.5) is 5.95 Å². The molecule has 3 aromatic rings. The Kier molecular flexibility index (Phi) is 4.09. The monoisotopic (exact) mass is 312 g/mol. The maximum Gasteiger partial charge on any atom is 0.267 e. The van der Waals surface area contributed by atoms with Gasteiger partial charge in [-0.2, -0.15) is 4.98 Å². The Labute approximate surface area is 132 Å². The summed E-state index contributed by atoms with van der Waals surface area (Å²) < 4.78 is 10.8. The van der Waals surface area contributed by atoms with Crippen molar-refractivity contribution in [2.75, 3.05) is 5.32 Å². The van der Waals surface area contributed by atoms with Gasteiger partial charge in [0.05, 0.1) is 6.26 Å². The van der Waals surface area contributed by atoms with E-state index in [4.69, 9.17) is 9.15 Å². The van der Waals surface area contributed by atoms with E-state index in [1.165, 1.54) is 6.26 Å². The van der Waals surface area contributed by atoms with Crippen LogP contribution in [0.15, 0.2) is 47.1 Å². The molecule has 1 atom stereocenters. The lowest BCUT2D eigenvalue weighted by Gasteiger charge is -2.13. The summed E-state index contributed by atoms with van der Waals surface area (Å²) in [5.74, 6) is 1.44. The minimum Gasteiger partial charge on any atom is -0.481 e. The number of H-pyrrole nitrogens is 1. The summed E-state index contributed by atoms with van der Waals surface area (Å²) in [6.45, 7) is 3.65. The Balaban J connectivity index is 1.61. The van der Waals surface area contributed by atoms with Crippen molar-refractivity contribution in [2.45, 2.75) is 20.0 Å². The van der Waals surface area contributed by atoms with Crippen molar-refractivity contribution < 1.29 is 13.9 Å². The molecular formula is C16H16N4O3. The van der Waals surface area contributed by atoms with E-state index in [9.17, 15) is 4.79 Å². The molecule has 0 spiro atoms. The minimum atomic E-state index is -0.678. The van der Waals surface area contributed by atoms with Crippen LogP contribution in [0.5, 0.6) is 5.75 Å². The number of nitrogens with zero attached hydrogens (tertiary/aromatic N) is 2. The Morgan fingerprint density at radius 3 is 2.78 bits per heavy atom. The molecule has 1 amide bonds. The number of furan rings is 1. The molecule has 0 aliphatic rings. The van der Waals surface area contributed by atoms with Crippen molar-refractivity contribution in [3.63, 3.8) is 0 Å². The Bertz CT molecular complexity index is 778. The second-order valence-corrected chi connectivity index (χ2v) is 5.05. The minimum absolute atomic E-state index is 0.167. The average molecular weight is 312 g/mol. The quantitative estimate of drug-likeness (QED) is 0.755. The fraction of sp³-hybridized carbons (Fsp3) is 0.188. The molecule has 7 heteroatoms. The van der Waals surface area contributed by atoms with Crippen LogP contribution in [0.1, 0.15) is 12.5 Å². The number of rotatable bonds is 5. The second-order valence-electron chi connectivity index (χ2n) is 5.05. The predicted octanol–water partition coefficient (Wildman–Crippen LogP) is 2.78. The fourth-order valence-electron chi connectivity index (χ4n) is 1.93. The Hall–Kier alpha value is -3.09. The van der Waals surface area contributed by atoms with Crippen LogP contribution in [0.2, 0.25) is 0 Å². The van der Waals surface area contributed by atoms with Gasteiger partial charge in [-0.3, -0.25) is 15.2 Å². The number of nitrogens with one attached hydrogen (secondary N) is 2. The van der Waals surface area contributed by atoms with Crippen molar-refractivity contribution in [1.82, 2.24) is 15.2 Å². The van der Waals surface area contributed by atoms with Crippen molar-refractivity contribution in [3.05, 3.63) is 48.2 Å². The van der Waals surface area contributed by atoms with Crippen molar-refractivity contribution in [1.29, 1.82) is 0 Å². The van der Waals surface area contributed by atoms with Gasteiger partial charge in [-0.15, -0.1) is 5.10 Å². The summed E-state index contributed by atoms with van der Waals surface area (Å²) in [6, 6.07) is 11.0. The molecule has 1 aromatic carbocycles. The summed E-state index contributed by atoms with van der Waals surface area (Å²) in [6.07, 6.45) is 0.858. The summed E-state index contributed by atoms with van der Waals surface area (Å²) in [7, 11) is 0. The Morgan fingerprint density at radius 1 is 1.30 bits per heavy atom. The van der Waals surface area contributed by atoms with Gasteiger partial charge < -0.3 is 9.15 Å². The van der Waals surface area contributed by atoms with Crippen molar-refractivity contribution in [2.24, 2.45) is 0 Å². The van der Waals surface area contributed by atoms with Gasteiger partial charge in [-0.05, 0) is 38.1 Å². The first kappa shape index (κ1) is 14.8. The molecule has 0 bridgehead atoms. The molecule has 3 rings (SSSR count). The standard InChI is InChI=1S/C16H16N4O3/c1-10-5-7-12(8-6-10)23-11(2)15(21)18-16-17-14(19-20-16)13-4-3-9-22-13/h3-9,11H,1-2H3,(H2,17,18,19,20,21)/t11-/m0/s1. The maximum atomic E-state index is 12.1. The van der Waals surface area contributed by atoms with Gasteiger partial charge in [0.1, 0.15) is 5.75 Å². The number of aromatic nitrogens is 3. The topological polar surface area (TPSA) is 93.0 Å². The highest BCUT2D eigenvalue weighted by Crippen LogP contribution is 2.17. The molecule has 0 aliphatic carbocycles. The van der Waals surface area contributed by atoms with Crippen LogP contribution in [-0.4, -0.2) is 27.2 Å². The number of carbonyl (C=O) groups excluding carboxylic acids is 1. The van der Waals surface area contributed by atoms with Crippen LogP contribution in [-0.2, 0) is 4.79 Å². The van der Waals surface area contributed by atoms with E-state index in [1.807, 2.05) is 31.2 Å². The molecule has 118 valence electrons. The largest absolute Gasteiger partial charge is 0.481 e. The second kappa shape index (κ2) is 6.35. The fourth-order valence-corrected chi connectivity index (χ4v) is 1.93. The van der Waals surface area contributed by atoms with E-state index in [1.54, 1.807) is 19.1 Å². The van der Waals surface area contributed by atoms with Crippen LogP contribution < -0.4 is 10.1 Å². The van der Waals surface area contributed by atoms with Gasteiger partial charge in [0.15, 0.2) is 17.7 Å². The number of ether oxygens (including phenoxy) is 1. The lowest BCUT2D eigenvalue weighted by Crippen LogP contribution is -2.30. The van der Waals surface area contributed by atoms with E-state index in [-0.39, 0.29) is 11.9 Å². The third-order valence-corrected chi connectivity index (χ3v) is 3.18. The summed E-state index contributed by atoms with van der Waals surface area (Å²) in [5, 5.41) is 9.22. The molecule has 0 aliphatic heterocycles. The average Bonchev–Trinajstić information content (AvgIpc) is 3.20. The van der Waals surface area contributed by atoms with E-state index < -0.39 is 6.10 Å². The molecule has 0 unspecified atom stereocenters. The first-order valence-electron chi connectivity index (χ1n) is 7.12. The predicted molar refractivity (Wildman–Crippen MR) is 84.0 cm³/mol. The zero-order chi connectivity index (χ0) is 16.2. The highest BCUT2D eigenvalue weighted by atomic mass is 16.5. The number of aromatic amines is 1. The number of amides is 1. The first-order chi connectivity index (χ1) is 11.1. The number of carbonyl (C=O) groups is 1. The van der Waals surface area contributed by atoms with E-state index in [0.29, 0.717) is 17.3 Å².